The van der Waals surface area contributed by atoms with Gasteiger partial charge < -0.3 is 20.5 Å². The number of benzene rings is 1. The van der Waals surface area contributed by atoms with Crippen molar-refractivity contribution in [3.63, 3.8) is 0 Å². The van der Waals surface area contributed by atoms with Gasteiger partial charge in [-0.1, -0.05) is 25.5 Å². The molecule has 0 aromatic heterocycles. The summed E-state index contributed by atoms with van der Waals surface area (Å²) in [5, 5.41) is 2.83. The molecule has 5 nitrogen and oxygen atoms in total. The van der Waals surface area contributed by atoms with Crippen LogP contribution in [0, 0.1) is 0 Å². The third-order valence-corrected chi connectivity index (χ3v) is 2.86. The van der Waals surface area contributed by atoms with Gasteiger partial charge in [0.1, 0.15) is 12.4 Å². The van der Waals surface area contributed by atoms with Crippen molar-refractivity contribution in [3.8, 4) is 5.75 Å². The van der Waals surface area contributed by atoms with Crippen LogP contribution in [0.4, 0.5) is 0 Å². The van der Waals surface area contributed by atoms with Crippen LogP contribution < -0.4 is 15.8 Å². The molecule has 0 aliphatic heterocycles. The Kier molecular flexibility index (Phi) is 10.7. The minimum absolute atomic E-state index is 0. The van der Waals surface area contributed by atoms with Gasteiger partial charge in [0.25, 0.3) is 0 Å². The number of carbonyl (C=O) groups excluding carboxylic acids is 1. The van der Waals surface area contributed by atoms with Crippen LogP contribution in [0.25, 0.3) is 0 Å². The summed E-state index contributed by atoms with van der Waals surface area (Å²) in [7, 11) is 1.63. The molecule has 1 unspecified atom stereocenters. The van der Waals surface area contributed by atoms with Gasteiger partial charge in [0.05, 0.1) is 12.6 Å². The van der Waals surface area contributed by atoms with E-state index in [1.165, 1.54) is 0 Å². The molecule has 120 valence electrons. The Balaban J connectivity index is 0.00000400. The normalized spacial score (nSPS) is 11.4. The van der Waals surface area contributed by atoms with Crippen LogP contribution in [0.5, 0.6) is 5.75 Å². The van der Waals surface area contributed by atoms with Gasteiger partial charge in [0.2, 0.25) is 5.91 Å². The Morgan fingerprint density at radius 2 is 2.14 bits per heavy atom. The molecule has 0 bridgehead atoms. The number of nitrogens with one attached hydrogen (secondary N) is 1. The maximum atomic E-state index is 11.7. The molecule has 0 saturated heterocycles. The highest BCUT2D eigenvalue weighted by atomic mass is 35.5. The molecule has 0 radical (unpaired) electrons. The Labute approximate surface area is 132 Å². The molecule has 0 aliphatic carbocycles. The van der Waals surface area contributed by atoms with E-state index in [2.05, 4.69) is 5.32 Å². The second-order valence-corrected chi connectivity index (χ2v) is 4.60. The van der Waals surface area contributed by atoms with Gasteiger partial charge in [-0.3, -0.25) is 4.79 Å². The number of amides is 1. The molecule has 0 aliphatic rings. The molecular formula is C15H25ClN2O3. The minimum Gasteiger partial charge on any atom is -0.491 e. The fourth-order valence-electron chi connectivity index (χ4n) is 1.75. The molecule has 1 atom stereocenters. The third kappa shape index (κ3) is 7.90. The average Bonchev–Trinajstić information content (AvgIpc) is 2.46. The minimum atomic E-state index is -0.430. The van der Waals surface area contributed by atoms with E-state index in [9.17, 15) is 4.79 Å². The Morgan fingerprint density at radius 3 is 2.81 bits per heavy atom. The Morgan fingerprint density at radius 1 is 1.38 bits per heavy atom. The first-order valence-electron chi connectivity index (χ1n) is 6.91. The van der Waals surface area contributed by atoms with Crippen LogP contribution in [0.15, 0.2) is 24.3 Å². The highest BCUT2D eigenvalue weighted by molar-refractivity contribution is 5.85. The van der Waals surface area contributed by atoms with Gasteiger partial charge in [0, 0.05) is 13.7 Å². The average molecular weight is 317 g/mol. The number of hydrogen-bond donors (Lipinski definition) is 2. The van der Waals surface area contributed by atoms with Crippen molar-refractivity contribution in [3.05, 3.63) is 29.8 Å². The van der Waals surface area contributed by atoms with Crippen molar-refractivity contribution in [1.82, 2.24) is 5.32 Å². The van der Waals surface area contributed by atoms with Gasteiger partial charge in [-0.15, -0.1) is 12.4 Å². The fraction of sp³-hybridized carbons (Fsp3) is 0.533. The van der Waals surface area contributed by atoms with Gasteiger partial charge in [-0.05, 0) is 24.1 Å². The molecule has 6 heteroatoms. The van der Waals surface area contributed by atoms with Crippen molar-refractivity contribution in [2.24, 2.45) is 5.73 Å². The zero-order valence-electron chi connectivity index (χ0n) is 12.6. The van der Waals surface area contributed by atoms with Crippen LogP contribution in [0.2, 0.25) is 0 Å². The van der Waals surface area contributed by atoms with Crippen LogP contribution in [0.1, 0.15) is 25.3 Å². The van der Waals surface area contributed by atoms with E-state index in [1.807, 2.05) is 31.2 Å². The molecule has 21 heavy (non-hydrogen) atoms. The van der Waals surface area contributed by atoms with Gasteiger partial charge in [-0.2, -0.15) is 0 Å². The number of ether oxygens (including phenoxy) is 2. The van der Waals surface area contributed by atoms with Gasteiger partial charge in [0.15, 0.2) is 0 Å². The van der Waals surface area contributed by atoms with Crippen LogP contribution in [0.3, 0.4) is 0 Å². The summed E-state index contributed by atoms with van der Waals surface area (Å²) in [4.78, 5) is 11.7. The summed E-state index contributed by atoms with van der Waals surface area (Å²) in [6, 6.07) is 7.19. The quantitative estimate of drug-likeness (QED) is 0.682. The SMILES string of the molecule is CCCC(N)C(=O)NCc1cccc(OCCOC)c1.Cl. The van der Waals surface area contributed by atoms with E-state index in [-0.39, 0.29) is 18.3 Å². The molecule has 1 aromatic carbocycles. The molecule has 1 aromatic rings. The number of rotatable bonds is 9. The van der Waals surface area contributed by atoms with Gasteiger partial charge >= 0.3 is 0 Å². The number of methoxy groups -OCH3 is 1. The van der Waals surface area contributed by atoms with Crippen molar-refractivity contribution >= 4 is 18.3 Å². The topological polar surface area (TPSA) is 73.6 Å². The largest absolute Gasteiger partial charge is 0.491 e. The van der Waals surface area contributed by atoms with E-state index in [1.54, 1.807) is 7.11 Å². The van der Waals surface area contributed by atoms with Gasteiger partial charge in [-0.25, -0.2) is 0 Å². The zero-order chi connectivity index (χ0) is 14.8. The zero-order valence-corrected chi connectivity index (χ0v) is 13.4. The summed E-state index contributed by atoms with van der Waals surface area (Å²) < 4.78 is 10.4. The summed E-state index contributed by atoms with van der Waals surface area (Å²) in [5.74, 6) is 0.657. The summed E-state index contributed by atoms with van der Waals surface area (Å²) in [6.45, 7) is 3.52. The van der Waals surface area contributed by atoms with E-state index in [4.69, 9.17) is 15.2 Å². The molecule has 3 N–H and O–H groups in total. The molecule has 0 saturated carbocycles. The third-order valence-electron chi connectivity index (χ3n) is 2.86. The lowest BCUT2D eigenvalue weighted by atomic mass is 10.1. The molecule has 1 rings (SSSR count). The number of nitrogens with two attached hydrogens (primary N) is 1. The van der Waals surface area contributed by atoms with Crippen LogP contribution in [-0.2, 0) is 16.1 Å². The summed E-state index contributed by atoms with van der Waals surface area (Å²) in [5.41, 5.74) is 6.74. The fourth-order valence-corrected chi connectivity index (χ4v) is 1.75. The summed E-state index contributed by atoms with van der Waals surface area (Å²) >= 11 is 0. The van der Waals surface area contributed by atoms with Crippen molar-refractivity contribution in [1.29, 1.82) is 0 Å². The van der Waals surface area contributed by atoms with Crippen molar-refractivity contribution in [2.45, 2.75) is 32.4 Å². The highest BCUT2D eigenvalue weighted by Crippen LogP contribution is 2.13. The lowest BCUT2D eigenvalue weighted by molar-refractivity contribution is -0.122. The van der Waals surface area contributed by atoms with Crippen LogP contribution in [-0.4, -0.2) is 32.3 Å². The first kappa shape index (κ1) is 19.7. The molecule has 0 spiro atoms. The predicted molar refractivity (Wildman–Crippen MR) is 85.8 cm³/mol. The molecule has 0 fully saturated rings. The van der Waals surface area contributed by atoms with E-state index >= 15 is 0 Å². The van der Waals surface area contributed by atoms with E-state index < -0.39 is 6.04 Å². The number of carbonyl (C=O) groups is 1. The predicted octanol–water partition coefficient (Wildman–Crippen LogP) is 1.88. The second-order valence-electron chi connectivity index (χ2n) is 4.60. The molecular weight excluding hydrogens is 292 g/mol. The molecule has 1 amide bonds. The molecule has 0 heterocycles. The van der Waals surface area contributed by atoms with E-state index in [0.29, 0.717) is 26.2 Å². The summed E-state index contributed by atoms with van der Waals surface area (Å²) in [6.07, 6.45) is 1.60. The Hall–Kier alpha value is -1.30. The van der Waals surface area contributed by atoms with E-state index in [0.717, 1.165) is 17.7 Å². The number of hydrogen-bond acceptors (Lipinski definition) is 4. The first-order valence-corrected chi connectivity index (χ1v) is 6.91. The lowest BCUT2D eigenvalue weighted by Gasteiger charge is -2.12. The van der Waals surface area contributed by atoms with Crippen molar-refractivity contribution in [2.75, 3.05) is 20.3 Å². The van der Waals surface area contributed by atoms with Crippen molar-refractivity contribution < 1.29 is 14.3 Å². The lowest BCUT2D eigenvalue weighted by Crippen LogP contribution is -2.40. The highest BCUT2D eigenvalue weighted by Gasteiger charge is 2.11. The number of halogens is 1. The monoisotopic (exact) mass is 316 g/mol. The standard InChI is InChI=1S/C15H24N2O3.ClH/c1-3-5-14(16)15(18)17-11-12-6-4-7-13(10-12)20-9-8-19-2;/h4,6-7,10,14H,3,5,8-9,11,16H2,1-2H3,(H,17,18);1H. The Bertz CT molecular complexity index is 416. The second kappa shape index (κ2) is 11.4. The maximum absolute atomic E-state index is 11.7. The van der Waals surface area contributed by atoms with Crippen LogP contribution >= 0.6 is 12.4 Å². The smallest absolute Gasteiger partial charge is 0.237 e. The maximum Gasteiger partial charge on any atom is 0.237 e. The first-order chi connectivity index (χ1) is 9.67.